The lowest BCUT2D eigenvalue weighted by atomic mass is 9.93. The molecule has 1 aliphatic heterocycles. The molecule has 0 bridgehead atoms. The Labute approximate surface area is 88.2 Å². The van der Waals surface area contributed by atoms with Crippen molar-refractivity contribution in [2.24, 2.45) is 10.4 Å². The van der Waals surface area contributed by atoms with Crippen LogP contribution in [-0.2, 0) is 4.79 Å². The first-order chi connectivity index (χ1) is 6.41. The Kier molecular flexibility index (Phi) is 3.42. The van der Waals surface area contributed by atoms with E-state index in [1.165, 1.54) is 11.8 Å². The smallest absolute Gasteiger partial charge is 0.316 e. The predicted octanol–water partition coefficient (Wildman–Crippen LogP) is 1.18. The molecule has 1 aliphatic rings. The molecule has 1 rings (SSSR count). The number of hydrogen-bond donors (Lipinski definition) is 2. The molecule has 0 radical (unpaired) electrons. The van der Waals surface area contributed by atoms with Gasteiger partial charge in [-0.2, -0.15) is 0 Å². The minimum absolute atomic E-state index is 0.177. The van der Waals surface area contributed by atoms with Crippen LogP contribution in [0.25, 0.3) is 0 Å². The number of amidine groups is 1. The molecule has 1 unspecified atom stereocenters. The van der Waals surface area contributed by atoms with Crippen molar-refractivity contribution >= 4 is 22.9 Å². The standard InChI is InChI=1S/C9H16N2O2S/c1-6(7(12)13)14-8-10-4-9(2,3)5-11-8/h6H,4-5H2,1-3H3,(H,10,11)(H,12,13). The first-order valence-corrected chi connectivity index (χ1v) is 5.46. The van der Waals surface area contributed by atoms with Crippen molar-refractivity contribution in [3.05, 3.63) is 0 Å². The number of nitrogens with one attached hydrogen (secondary N) is 1. The molecule has 80 valence electrons. The van der Waals surface area contributed by atoms with Crippen LogP contribution in [0.15, 0.2) is 4.99 Å². The molecule has 1 atom stereocenters. The number of thioether (sulfide) groups is 1. The second-order valence-corrected chi connectivity index (χ2v) is 5.57. The van der Waals surface area contributed by atoms with Crippen LogP contribution in [0, 0.1) is 5.41 Å². The second-order valence-electron chi connectivity index (χ2n) is 4.24. The number of hydrogen-bond acceptors (Lipinski definition) is 4. The lowest BCUT2D eigenvalue weighted by Crippen LogP contribution is -2.40. The van der Waals surface area contributed by atoms with Crippen LogP contribution in [0.2, 0.25) is 0 Å². The fraction of sp³-hybridized carbons (Fsp3) is 0.778. The summed E-state index contributed by atoms with van der Waals surface area (Å²) in [5, 5.41) is 12.2. The van der Waals surface area contributed by atoms with Gasteiger partial charge < -0.3 is 10.4 Å². The van der Waals surface area contributed by atoms with E-state index in [-0.39, 0.29) is 5.41 Å². The highest BCUT2D eigenvalue weighted by Crippen LogP contribution is 2.21. The molecule has 1 heterocycles. The van der Waals surface area contributed by atoms with Crippen LogP contribution in [-0.4, -0.2) is 34.6 Å². The van der Waals surface area contributed by atoms with Gasteiger partial charge >= 0.3 is 5.97 Å². The van der Waals surface area contributed by atoms with Crippen LogP contribution in [0.5, 0.6) is 0 Å². The number of rotatable bonds is 2. The lowest BCUT2D eigenvalue weighted by molar-refractivity contribution is -0.136. The fourth-order valence-corrected chi connectivity index (χ4v) is 1.74. The maximum Gasteiger partial charge on any atom is 0.316 e. The molecule has 0 amide bonds. The minimum Gasteiger partial charge on any atom is -0.480 e. The zero-order chi connectivity index (χ0) is 10.8. The molecule has 4 nitrogen and oxygen atoms in total. The van der Waals surface area contributed by atoms with Gasteiger partial charge in [0, 0.05) is 18.5 Å². The van der Waals surface area contributed by atoms with Crippen LogP contribution in [0.3, 0.4) is 0 Å². The molecule has 0 aromatic rings. The molecule has 0 aromatic carbocycles. The van der Waals surface area contributed by atoms with E-state index in [2.05, 4.69) is 24.2 Å². The van der Waals surface area contributed by atoms with Gasteiger partial charge in [-0.1, -0.05) is 25.6 Å². The lowest BCUT2D eigenvalue weighted by Gasteiger charge is -2.29. The van der Waals surface area contributed by atoms with Gasteiger partial charge in [-0.3, -0.25) is 9.79 Å². The summed E-state index contributed by atoms with van der Waals surface area (Å²) in [4.78, 5) is 14.9. The minimum atomic E-state index is -0.802. The van der Waals surface area contributed by atoms with E-state index in [9.17, 15) is 4.79 Å². The molecule has 0 fully saturated rings. The van der Waals surface area contributed by atoms with Gasteiger partial charge in [0.1, 0.15) is 5.25 Å². The topological polar surface area (TPSA) is 61.7 Å². The molecule has 0 aliphatic carbocycles. The maximum absolute atomic E-state index is 10.6. The highest BCUT2D eigenvalue weighted by molar-refractivity contribution is 8.14. The summed E-state index contributed by atoms with van der Waals surface area (Å²) >= 11 is 1.27. The Bertz CT molecular complexity index is 264. The summed E-state index contributed by atoms with van der Waals surface area (Å²) in [6.45, 7) is 7.54. The number of carboxylic acids is 1. The molecule has 0 spiro atoms. The van der Waals surface area contributed by atoms with Gasteiger partial charge in [-0.15, -0.1) is 0 Å². The average molecular weight is 216 g/mol. The van der Waals surface area contributed by atoms with E-state index in [0.717, 1.165) is 18.3 Å². The molecular weight excluding hydrogens is 200 g/mol. The fourth-order valence-electron chi connectivity index (χ4n) is 1.01. The van der Waals surface area contributed by atoms with Gasteiger partial charge in [-0.05, 0) is 6.92 Å². The zero-order valence-electron chi connectivity index (χ0n) is 8.70. The van der Waals surface area contributed by atoms with E-state index in [0.29, 0.717) is 0 Å². The van der Waals surface area contributed by atoms with Crippen molar-refractivity contribution in [1.82, 2.24) is 5.32 Å². The van der Waals surface area contributed by atoms with Crippen LogP contribution in [0.1, 0.15) is 20.8 Å². The Morgan fingerprint density at radius 2 is 2.36 bits per heavy atom. The molecule has 0 saturated heterocycles. The summed E-state index contributed by atoms with van der Waals surface area (Å²) in [7, 11) is 0. The highest BCUT2D eigenvalue weighted by Gasteiger charge is 2.24. The van der Waals surface area contributed by atoms with Crippen molar-refractivity contribution in [3.8, 4) is 0 Å². The molecule has 2 N–H and O–H groups in total. The summed E-state index contributed by atoms with van der Waals surface area (Å²) in [5.74, 6) is -0.802. The van der Waals surface area contributed by atoms with Gasteiger partial charge in [0.05, 0.1) is 0 Å². The Hall–Kier alpha value is -0.710. The number of carboxylic acid groups (broad SMARTS) is 1. The molecule has 0 aromatic heterocycles. The SMILES string of the molecule is CC(SC1=NCC(C)(C)CN1)C(=O)O. The average Bonchev–Trinajstić information content (AvgIpc) is 2.08. The first kappa shape index (κ1) is 11.4. The summed E-state index contributed by atoms with van der Waals surface area (Å²) < 4.78 is 0. The van der Waals surface area contributed by atoms with E-state index in [1.807, 2.05) is 0 Å². The van der Waals surface area contributed by atoms with Crippen molar-refractivity contribution in [1.29, 1.82) is 0 Å². The van der Waals surface area contributed by atoms with Crippen LogP contribution >= 0.6 is 11.8 Å². The highest BCUT2D eigenvalue weighted by atomic mass is 32.2. The first-order valence-electron chi connectivity index (χ1n) is 4.58. The van der Waals surface area contributed by atoms with Crippen molar-refractivity contribution in [3.63, 3.8) is 0 Å². The third-order valence-electron chi connectivity index (χ3n) is 2.01. The number of aliphatic imine (C=N–C) groups is 1. The number of carbonyl (C=O) groups is 1. The summed E-state index contributed by atoms with van der Waals surface area (Å²) in [6.07, 6.45) is 0. The number of nitrogens with zero attached hydrogens (tertiary/aromatic N) is 1. The van der Waals surface area contributed by atoms with Gasteiger partial charge in [0.15, 0.2) is 5.17 Å². The Morgan fingerprint density at radius 1 is 1.71 bits per heavy atom. The molecular formula is C9H16N2O2S. The maximum atomic E-state index is 10.6. The van der Waals surface area contributed by atoms with Crippen molar-refractivity contribution in [2.45, 2.75) is 26.0 Å². The molecule has 14 heavy (non-hydrogen) atoms. The van der Waals surface area contributed by atoms with Crippen LogP contribution in [0.4, 0.5) is 0 Å². The third kappa shape index (κ3) is 3.21. The second kappa shape index (κ2) is 4.21. The van der Waals surface area contributed by atoms with Crippen LogP contribution < -0.4 is 5.32 Å². The molecule has 0 saturated carbocycles. The third-order valence-corrected chi connectivity index (χ3v) is 3.06. The number of aliphatic carboxylic acids is 1. The van der Waals surface area contributed by atoms with E-state index in [4.69, 9.17) is 5.11 Å². The predicted molar refractivity (Wildman–Crippen MR) is 58.8 cm³/mol. The van der Waals surface area contributed by atoms with E-state index in [1.54, 1.807) is 6.92 Å². The zero-order valence-corrected chi connectivity index (χ0v) is 9.52. The quantitative estimate of drug-likeness (QED) is 0.727. The van der Waals surface area contributed by atoms with Gasteiger partial charge in [-0.25, -0.2) is 0 Å². The Morgan fingerprint density at radius 3 is 2.79 bits per heavy atom. The van der Waals surface area contributed by atoms with Gasteiger partial charge in [0.2, 0.25) is 0 Å². The van der Waals surface area contributed by atoms with Crippen molar-refractivity contribution < 1.29 is 9.90 Å². The largest absolute Gasteiger partial charge is 0.480 e. The van der Waals surface area contributed by atoms with Crippen molar-refractivity contribution in [2.75, 3.05) is 13.1 Å². The van der Waals surface area contributed by atoms with Gasteiger partial charge in [0.25, 0.3) is 0 Å². The monoisotopic (exact) mass is 216 g/mol. The summed E-state index contributed by atoms with van der Waals surface area (Å²) in [6, 6.07) is 0. The Balaban J connectivity index is 2.49. The van der Waals surface area contributed by atoms with E-state index < -0.39 is 11.2 Å². The van der Waals surface area contributed by atoms with E-state index >= 15 is 0 Å². The summed E-state index contributed by atoms with van der Waals surface area (Å²) in [5.41, 5.74) is 0.177. The molecule has 5 heteroatoms. The normalized spacial score (nSPS) is 22.1.